The Balaban J connectivity index is 2.03. The summed E-state index contributed by atoms with van der Waals surface area (Å²) in [7, 11) is 3.93. The molecule has 1 aromatic heterocycles. The van der Waals surface area contributed by atoms with Crippen molar-refractivity contribution < 1.29 is 14.3 Å². The van der Waals surface area contributed by atoms with Crippen LogP contribution in [0.25, 0.3) is 0 Å². The third-order valence-electron chi connectivity index (χ3n) is 3.33. The third-order valence-corrected chi connectivity index (χ3v) is 3.33. The maximum Gasteiger partial charge on any atom is 0.168 e. The molecule has 1 heterocycles. The second-order valence-corrected chi connectivity index (χ2v) is 5.24. The van der Waals surface area contributed by atoms with E-state index in [1.54, 1.807) is 12.3 Å². The molecule has 0 radical (unpaired) electrons. The van der Waals surface area contributed by atoms with Gasteiger partial charge in [-0.2, -0.15) is 0 Å². The number of hydrogen-bond donors (Lipinski definition) is 1. The lowest BCUT2D eigenvalue weighted by molar-refractivity contribution is -0.116. The van der Waals surface area contributed by atoms with Gasteiger partial charge in [-0.15, -0.1) is 0 Å². The highest BCUT2D eigenvalue weighted by Crippen LogP contribution is 2.33. The Morgan fingerprint density at radius 2 is 2.30 bits per heavy atom. The van der Waals surface area contributed by atoms with Gasteiger partial charge in [-0.3, -0.25) is 9.79 Å². The highest BCUT2D eigenvalue weighted by Gasteiger charge is 2.29. The molecule has 1 aromatic rings. The zero-order valence-corrected chi connectivity index (χ0v) is 11.9. The number of furan rings is 1. The molecule has 20 heavy (non-hydrogen) atoms. The van der Waals surface area contributed by atoms with Crippen LogP contribution in [0.2, 0.25) is 0 Å². The summed E-state index contributed by atoms with van der Waals surface area (Å²) in [4.78, 5) is 18.3. The molecule has 1 aliphatic carbocycles. The van der Waals surface area contributed by atoms with Crippen LogP contribution in [0, 0.1) is 0 Å². The van der Waals surface area contributed by atoms with Crippen molar-refractivity contribution in [2.45, 2.75) is 18.8 Å². The van der Waals surface area contributed by atoms with E-state index < -0.39 is 0 Å². The molecule has 0 saturated heterocycles. The summed E-state index contributed by atoms with van der Waals surface area (Å²) < 4.78 is 5.30. The number of aliphatic hydroxyl groups excluding tert-OH is 1. The number of nitrogens with zero attached hydrogens (tertiary/aromatic N) is 2. The van der Waals surface area contributed by atoms with E-state index in [9.17, 15) is 9.90 Å². The molecule has 5 nitrogen and oxygen atoms in total. The largest absolute Gasteiger partial charge is 0.511 e. The number of carbonyl (C=O) groups is 1. The van der Waals surface area contributed by atoms with Gasteiger partial charge in [0.2, 0.25) is 0 Å². The number of hydrogen-bond acceptors (Lipinski definition) is 5. The Labute approximate surface area is 118 Å². The van der Waals surface area contributed by atoms with Gasteiger partial charge in [0.05, 0.1) is 18.4 Å². The lowest BCUT2D eigenvalue weighted by Gasteiger charge is -2.20. The molecule has 1 unspecified atom stereocenters. The van der Waals surface area contributed by atoms with Gasteiger partial charge in [0.1, 0.15) is 11.5 Å². The SMILES string of the molecule is CN(C)CCN=CC1=C(O)CC(c2ccco2)CC1=O. The van der Waals surface area contributed by atoms with Crippen molar-refractivity contribution in [3.8, 4) is 0 Å². The van der Waals surface area contributed by atoms with Crippen molar-refractivity contribution in [3.63, 3.8) is 0 Å². The number of aliphatic imine (C=N–C) groups is 1. The van der Waals surface area contributed by atoms with E-state index in [1.807, 2.05) is 25.1 Å². The van der Waals surface area contributed by atoms with Crippen molar-refractivity contribution in [1.82, 2.24) is 4.90 Å². The number of allylic oxidation sites excluding steroid dienone is 2. The first-order chi connectivity index (χ1) is 9.58. The Hall–Kier alpha value is -1.88. The first-order valence-electron chi connectivity index (χ1n) is 6.71. The Morgan fingerprint density at radius 3 is 2.90 bits per heavy atom. The fraction of sp³-hybridized carbons (Fsp3) is 0.467. The van der Waals surface area contributed by atoms with Crippen LogP contribution in [0.5, 0.6) is 0 Å². The Kier molecular flexibility index (Phi) is 4.74. The summed E-state index contributed by atoms with van der Waals surface area (Å²) >= 11 is 0. The van der Waals surface area contributed by atoms with Gasteiger partial charge in [-0.25, -0.2) is 0 Å². The highest BCUT2D eigenvalue weighted by atomic mass is 16.3. The van der Waals surface area contributed by atoms with Gasteiger partial charge < -0.3 is 14.4 Å². The van der Waals surface area contributed by atoms with E-state index in [1.165, 1.54) is 6.21 Å². The minimum absolute atomic E-state index is 0.0728. The fourth-order valence-corrected chi connectivity index (χ4v) is 2.20. The molecule has 0 spiro atoms. The topological polar surface area (TPSA) is 66.0 Å². The number of carbonyl (C=O) groups excluding carboxylic acids is 1. The summed E-state index contributed by atoms with van der Waals surface area (Å²) in [6.45, 7) is 1.42. The first-order valence-corrected chi connectivity index (χ1v) is 6.71. The van der Waals surface area contributed by atoms with Crippen LogP contribution in [0.4, 0.5) is 0 Å². The molecular formula is C15H20N2O3. The zero-order valence-electron chi connectivity index (χ0n) is 11.9. The van der Waals surface area contributed by atoms with Crippen LogP contribution in [0.15, 0.2) is 39.1 Å². The van der Waals surface area contributed by atoms with Crippen molar-refractivity contribution in [1.29, 1.82) is 0 Å². The average molecular weight is 276 g/mol. The molecule has 0 fully saturated rings. The number of Topliss-reactive ketones (excluding diaryl/α,β-unsaturated/α-hetero) is 1. The Bertz CT molecular complexity index is 515. The zero-order chi connectivity index (χ0) is 14.5. The van der Waals surface area contributed by atoms with Crippen molar-refractivity contribution in [2.24, 2.45) is 4.99 Å². The number of ketones is 1. The van der Waals surface area contributed by atoms with Crippen molar-refractivity contribution in [2.75, 3.05) is 27.2 Å². The number of rotatable bonds is 5. The highest BCUT2D eigenvalue weighted by molar-refractivity contribution is 6.14. The van der Waals surface area contributed by atoms with Gasteiger partial charge in [0.15, 0.2) is 5.78 Å². The van der Waals surface area contributed by atoms with Crippen molar-refractivity contribution in [3.05, 3.63) is 35.5 Å². The van der Waals surface area contributed by atoms with Gasteiger partial charge in [-0.1, -0.05) is 0 Å². The normalized spacial score (nSPS) is 20.4. The van der Waals surface area contributed by atoms with E-state index in [0.29, 0.717) is 25.0 Å². The summed E-state index contributed by atoms with van der Waals surface area (Å²) in [5, 5.41) is 10.0. The van der Waals surface area contributed by atoms with E-state index in [2.05, 4.69) is 4.99 Å². The second-order valence-electron chi connectivity index (χ2n) is 5.24. The van der Waals surface area contributed by atoms with E-state index in [4.69, 9.17) is 4.42 Å². The van der Waals surface area contributed by atoms with Crippen LogP contribution in [-0.2, 0) is 4.79 Å². The van der Waals surface area contributed by atoms with E-state index >= 15 is 0 Å². The molecule has 0 amide bonds. The molecule has 1 atom stereocenters. The molecule has 0 aromatic carbocycles. The summed E-state index contributed by atoms with van der Waals surface area (Å²) in [5.74, 6) is 0.699. The molecule has 5 heteroatoms. The maximum atomic E-state index is 12.1. The van der Waals surface area contributed by atoms with Crippen LogP contribution in [0.3, 0.4) is 0 Å². The monoisotopic (exact) mass is 276 g/mol. The lowest BCUT2D eigenvalue weighted by atomic mass is 9.86. The fourth-order valence-electron chi connectivity index (χ4n) is 2.20. The summed E-state index contributed by atoms with van der Waals surface area (Å²) in [5.41, 5.74) is 0.339. The average Bonchev–Trinajstić information content (AvgIpc) is 2.90. The molecule has 1 aliphatic rings. The lowest BCUT2D eigenvalue weighted by Crippen LogP contribution is -2.20. The maximum absolute atomic E-state index is 12.1. The molecule has 0 aliphatic heterocycles. The minimum Gasteiger partial charge on any atom is -0.511 e. The van der Waals surface area contributed by atoms with E-state index in [-0.39, 0.29) is 17.5 Å². The quantitative estimate of drug-likeness (QED) is 0.837. The van der Waals surface area contributed by atoms with Gasteiger partial charge in [0.25, 0.3) is 0 Å². The molecule has 2 rings (SSSR count). The summed E-state index contributed by atoms with van der Waals surface area (Å²) in [6.07, 6.45) is 3.86. The predicted octanol–water partition coefficient (Wildman–Crippen LogP) is 2.17. The second kappa shape index (κ2) is 6.52. The van der Waals surface area contributed by atoms with E-state index in [0.717, 1.165) is 12.3 Å². The van der Waals surface area contributed by atoms with Gasteiger partial charge in [0, 0.05) is 31.5 Å². The summed E-state index contributed by atoms with van der Waals surface area (Å²) in [6, 6.07) is 3.63. The molecule has 108 valence electrons. The van der Waals surface area contributed by atoms with Crippen LogP contribution in [-0.4, -0.2) is 49.2 Å². The third kappa shape index (κ3) is 3.57. The number of aliphatic hydroxyl groups is 1. The minimum atomic E-state index is -0.0799. The molecule has 1 N–H and O–H groups in total. The van der Waals surface area contributed by atoms with Crippen LogP contribution < -0.4 is 0 Å². The molecular weight excluding hydrogens is 256 g/mol. The van der Waals surface area contributed by atoms with Crippen LogP contribution in [0.1, 0.15) is 24.5 Å². The van der Waals surface area contributed by atoms with Crippen LogP contribution >= 0.6 is 0 Å². The van der Waals surface area contributed by atoms with Crippen molar-refractivity contribution >= 4 is 12.0 Å². The predicted molar refractivity (Wildman–Crippen MR) is 77.3 cm³/mol. The van der Waals surface area contributed by atoms with Gasteiger partial charge in [-0.05, 0) is 26.2 Å². The smallest absolute Gasteiger partial charge is 0.168 e. The first kappa shape index (κ1) is 14.5. The Morgan fingerprint density at radius 1 is 1.50 bits per heavy atom. The molecule has 0 bridgehead atoms. The number of likely N-dealkylation sites (N-methyl/N-ethyl adjacent to an activating group) is 1. The standard InChI is InChI=1S/C15H20N2O3/c1-17(2)6-5-16-10-12-13(18)8-11(9-14(12)19)15-4-3-7-20-15/h3-4,7,10-11,18H,5-6,8-9H2,1-2H3. The van der Waals surface area contributed by atoms with Gasteiger partial charge >= 0.3 is 0 Å². The molecule has 0 saturated carbocycles.